The van der Waals surface area contributed by atoms with E-state index in [0.717, 1.165) is 12.8 Å². The summed E-state index contributed by atoms with van der Waals surface area (Å²) >= 11 is 0. The Labute approximate surface area is 136 Å². The second-order valence-electron chi connectivity index (χ2n) is 7.19. The van der Waals surface area contributed by atoms with Crippen LogP contribution in [0.15, 0.2) is 0 Å². The number of amides is 2. The van der Waals surface area contributed by atoms with Gasteiger partial charge in [0.25, 0.3) is 0 Å². The lowest BCUT2D eigenvalue weighted by molar-refractivity contribution is -0.145. The van der Waals surface area contributed by atoms with Gasteiger partial charge in [-0.1, -0.05) is 0 Å². The Morgan fingerprint density at radius 1 is 1.22 bits per heavy atom. The molecule has 2 rings (SSSR count). The van der Waals surface area contributed by atoms with E-state index >= 15 is 0 Å². The van der Waals surface area contributed by atoms with E-state index in [0.29, 0.717) is 19.6 Å². The van der Waals surface area contributed by atoms with Crippen molar-refractivity contribution >= 4 is 18.0 Å². The molecule has 0 saturated carbocycles. The van der Waals surface area contributed by atoms with E-state index in [-0.39, 0.29) is 30.4 Å². The Kier molecular flexibility index (Phi) is 5.16. The summed E-state index contributed by atoms with van der Waals surface area (Å²) in [5.41, 5.74) is -0.538. The van der Waals surface area contributed by atoms with Crippen LogP contribution in [0, 0.1) is 5.92 Å². The molecule has 0 spiro atoms. The van der Waals surface area contributed by atoms with Crippen molar-refractivity contribution in [3.8, 4) is 0 Å². The molecule has 2 aliphatic heterocycles. The van der Waals surface area contributed by atoms with Crippen LogP contribution >= 0.6 is 0 Å². The average Bonchev–Trinajstić information content (AvgIpc) is 2.87. The van der Waals surface area contributed by atoms with Crippen LogP contribution in [0.25, 0.3) is 0 Å². The van der Waals surface area contributed by atoms with Gasteiger partial charge in [-0.2, -0.15) is 0 Å². The average molecular weight is 326 g/mol. The van der Waals surface area contributed by atoms with Crippen molar-refractivity contribution in [1.29, 1.82) is 0 Å². The Morgan fingerprint density at radius 2 is 1.91 bits per heavy atom. The van der Waals surface area contributed by atoms with Crippen molar-refractivity contribution in [3.05, 3.63) is 0 Å². The van der Waals surface area contributed by atoms with E-state index in [1.807, 2.05) is 20.8 Å². The molecule has 2 unspecified atom stereocenters. The summed E-state index contributed by atoms with van der Waals surface area (Å²) in [4.78, 5) is 39.4. The Balaban J connectivity index is 1.97. The molecule has 0 aromatic rings. The Morgan fingerprint density at radius 3 is 2.52 bits per heavy atom. The monoisotopic (exact) mass is 326 g/mol. The van der Waals surface area contributed by atoms with E-state index in [1.54, 1.807) is 9.80 Å². The molecule has 23 heavy (non-hydrogen) atoms. The molecular formula is C16H26N2O5. The molecule has 0 radical (unpaired) electrons. The molecular weight excluding hydrogens is 300 g/mol. The number of carbonyl (C=O) groups excluding carboxylic acids is 3. The van der Waals surface area contributed by atoms with Crippen LogP contribution in [0.5, 0.6) is 0 Å². The number of carbonyl (C=O) groups is 3. The summed E-state index contributed by atoms with van der Waals surface area (Å²) in [5.74, 6) is -0.790. The first-order chi connectivity index (χ1) is 10.7. The fourth-order valence-corrected chi connectivity index (χ4v) is 3.11. The summed E-state index contributed by atoms with van der Waals surface area (Å²) in [6, 6.07) is -0.0570. The molecule has 130 valence electrons. The van der Waals surface area contributed by atoms with Gasteiger partial charge in [-0.05, 0) is 33.6 Å². The molecule has 2 atom stereocenters. The topological polar surface area (TPSA) is 76.2 Å². The smallest absolute Gasteiger partial charge is 0.410 e. The number of hydrogen-bond donors (Lipinski definition) is 0. The van der Waals surface area contributed by atoms with Crippen molar-refractivity contribution in [2.24, 2.45) is 5.92 Å². The highest BCUT2D eigenvalue weighted by atomic mass is 16.6. The third-order valence-electron chi connectivity index (χ3n) is 4.18. The lowest BCUT2D eigenvalue weighted by atomic mass is 10.0. The summed E-state index contributed by atoms with van der Waals surface area (Å²) in [5, 5.41) is 0. The van der Waals surface area contributed by atoms with Gasteiger partial charge in [-0.15, -0.1) is 0 Å². The van der Waals surface area contributed by atoms with Crippen LogP contribution in [0.2, 0.25) is 0 Å². The number of rotatable bonds is 2. The zero-order chi connectivity index (χ0) is 17.2. The zero-order valence-electron chi connectivity index (χ0n) is 14.3. The van der Waals surface area contributed by atoms with Crippen LogP contribution < -0.4 is 0 Å². The van der Waals surface area contributed by atoms with Crippen molar-refractivity contribution in [3.63, 3.8) is 0 Å². The molecule has 2 heterocycles. The van der Waals surface area contributed by atoms with Crippen LogP contribution in [-0.4, -0.2) is 66.2 Å². The van der Waals surface area contributed by atoms with Crippen LogP contribution in [0.1, 0.15) is 40.0 Å². The summed E-state index contributed by atoms with van der Waals surface area (Å²) in [6.07, 6.45) is 1.49. The van der Waals surface area contributed by atoms with Gasteiger partial charge in [0.15, 0.2) is 0 Å². The normalized spacial score (nSPS) is 25.5. The standard InChI is InChI=1S/C16H26N2O5/c1-16(2,3)23-15(21)17-7-5-6-12(10-17)18-9-11(8-13(18)19)14(20)22-4/h11-12H,5-10H2,1-4H3. The predicted molar refractivity (Wildman–Crippen MR) is 82.7 cm³/mol. The number of ether oxygens (including phenoxy) is 2. The Hall–Kier alpha value is -1.79. The highest BCUT2D eigenvalue weighted by Crippen LogP contribution is 2.26. The first kappa shape index (κ1) is 17.6. The van der Waals surface area contributed by atoms with Gasteiger partial charge in [-0.3, -0.25) is 9.59 Å². The molecule has 0 aliphatic carbocycles. The number of nitrogens with zero attached hydrogens (tertiary/aromatic N) is 2. The van der Waals surface area contributed by atoms with E-state index in [4.69, 9.17) is 9.47 Å². The van der Waals surface area contributed by atoms with Crippen LogP contribution in [0.4, 0.5) is 4.79 Å². The van der Waals surface area contributed by atoms with Gasteiger partial charge in [0, 0.05) is 32.1 Å². The van der Waals surface area contributed by atoms with Crippen molar-refractivity contribution in [2.75, 3.05) is 26.7 Å². The second-order valence-corrected chi connectivity index (χ2v) is 7.19. The van der Waals surface area contributed by atoms with Gasteiger partial charge >= 0.3 is 12.1 Å². The SMILES string of the molecule is COC(=O)C1CC(=O)N(C2CCCN(C(=O)OC(C)(C)C)C2)C1. The van der Waals surface area contributed by atoms with Gasteiger partial charge in [0.1, 0.15) is 5.60 Å². The minimum absolute atomic E-state index is 0.0450. The van der Waals surface area contributed by atoms with E-state index in [1.165, 1.54) is 7.11 Å². The maximum atomic E-state index is 12.2. The first-order valence-corrected chi connectivity index (χ1v) is 8.06. The summed E-state index contributed by atoms with van der Waals surface area (Å²) < 4.78 is 10.1. The zero-order valence-corrected chi connectivity index (χ0v) is 14.3. The lowest BCUT2D eigenvalue weighted by Gasteiger charge is -2.38. The van der Waals surface area contributed by atoms with E-state index < -0.39 is 11.5 Å². The van der Waals surface area contributed by atoms with Crippen molar-refractivity contribution in [1.82, 2.24) is 9.80 Å². The molecule has 7 nitrogen and oxygen atoms in total. The highest BCUT2D eigenvalue weighted by molar-refractivity contribution is 5.87. The number of likely N-dealkylation sites (tertiary alicyclic amines) is 2. The third kappa shape index (κ3) is 4.36. The number of methoxy groups -OCH3 is 1. The second kappa shape index (κ2) is 6.76. The van der Waals surface area contributed by atoms with E-state index in [9.17, 15) is 14.4 Å². The maximum absolute atomic E-state index is 12.2. The number of hydrogen-bond acceptors (Lipinski definition) is 5. The van der Waals surface area contributed by atoms with Gasteiger partial charge in [0.05, 0.1) is 13.0 Å². The first-order valence-electron chi connectivity index (χ1n) is 8.06. The molecule has 7 heteroatoms. The molecule has 0 bridgehead atoms. The summed E-state index contributed by atoms with van der Waals surface area (Å²) in [6.45, 7) is 6.95. The molecule has 2 fully saturated rings. The maximum Gasteiger partial charge on any atom is 0.410 e. The quantitative estimate of drug-likeness (QED) is 0.717. The van der Waals surface area contributed by atoms with Gasteiger partial charge in [-0.25, -0.2) is 4.79 Å². The van der Waals surface area contributed by atoms with Gasteiger partial charge < -0.3 is 19.3 Å². The van der Waals surface area contributed by atoms with Gasteiger partial charge in [0.2, 0.25) is 5.91 Å². The minimum Gasteiger partial charge on any atom is -0.469 e. The van der Waals surface area contributed by atoms with Crippen LogP contribution in [0.3, 0.4) is 0 Å². The molecule has 2 aliphatic rings. The third-order valence-corrected chi connectivity index (χ3v) is 4.18. The van der Waals surface area contributed by atoms with E-state index in [2.05, 4.69) is 0 Å². The van der Waals surface area contributed by atoms with Crippen LogP contribution in [-0.2, 0) is 19.1 Å². The van der Waals surface area contributed by atoms with Crippen molar-refractivity contribution < 1.29 is 23.9 Å². The summed E-state index contributed by atoms with van der Waals surface area (Å²) in [7, 11) is 1.33. The molecule has 0 aromatic carbocycles. The van der Waals surface area contributed by atoms with Crippen molar-refractivity contribution in [2.45, 2.75) is 51.7 Å². The molecule has 0 aromatic heterocycles. The highest BCUT2D eigenvalue weighted by Gasteiger charge is 2.40. The molecule has 2 saturated heterocycles. The Bertz CT molecular complexity index is 485. The minimum atomic E-state index is -0.538. The predicted octanol–water partition coefficient (Wildman–Crippen LogP) is 1.41. The fourth-order valence-electron chi connectivity index (χ4n) is 3.11. The molecule has 2 amide bonds. The number of esters is 1. The largest absolute Gasteiger partial charge is 0.469 e. The lowest BCUT2D eigenvalue weighted by Crippen LogP contribution is -2.51. The fraction of sp³-hybridized carbons (Fsp3) is 0.812. The number of piperidine rings is 1. The molecule has 0 N–H and O–H groups in total.